The molecule has 4 rings (SSSR count). The summed E-state index contributed by atoms with van der Waals surface area (Å²) in [6, 6.07) is 13.1. The molecule has 0 aliphatic carbocycles. The minimum Gasteiger partial charge on any atom is -0.490 e. The van der Waals surface area contributed by atoms with Gasteiger partial charge >= 0.3 is 6.09 Å². The van der Waals surface area contributed by atoms with Crippen LogP contribution >= 0.6 is 0 Å². The van der Waals surface area contributed by atoms with Crippen LogP contribution in [0.5, 0.6) is 5.75 Å². The quantitative estimate of drug-likeness (QED) is 0.648. The summed E-state index contributed by atoms with van der Waals surface area (Å²) in [5, 5.41) is 18.5. The van der Waals surface area contributed by atoms with E-state index in [2.05, 4.69) is 10.4 Å². The third-order valence-electron chi connectivity index (χ3n) is 5.12. The number of amides is 1. The van der Waals surface area contributed by atoms with Crippen LogP contribution in [0.4, 0.5) is 4.79 Å². The number of aromatic nitrogens is 2. The molecule has 0 fully saturated rings. The minimum atomic E-state index is -0.764. The normalized spacial score (nSPS) is 19.0. The number of hydrogen-bond donors (Lipinski definition) is 2. The van der Waals surface area contributed by atoms with Crippen molar-refractivity contribution in [3.63, 3.8) is 0 Å². The molecule has 1 aliphatic heterocycles. The van der Waals surface area contributed by atoms with Crippen molar-refractivity contribution in [2.45, 2.75) is 38.3 Å². The number of nitrogens with one attached hydrogen (secondary N) is 1. The molecule has 0 saturated heterocycles. The molecule has 8 heteroatoms. The summed E-state index contributed by atoms with van der Waals surface area (Å²) in [5.74, 6) is 0.671. The molecule has 3 aromatic rings. The SMILES string of the molecule is CO[C@H]1c2c(ccc3cnn(CC(C)NC(=O)OCc4ccccc4)c23)OCC1O. The lowest BCUT2D eigenvalue weighted by molar-refractivity contribution is -0.0482. The standard InChI is InChI=1S/C22H25N3O5/c1-14(24-22(27)30-12-15-6-4-3-5-7-15)11-25-20-16(10-23-25)8-9-18-19(20)21(28-2)17(26)13-29-18/h3-10,14,17,21,26H,11-13H2,1-2H3,(H,24,27)/t14?,17?,21-/m1/s1. The molecule has 1 aromatic heterocycles. The van der Waals surface area contributed by atoms with Crippen LogP contribution in [-0.4, -0.2) is 46.8 Å². The van der Waals surface area contributed by atoms with Crippen LogP contribution in [0.1, 0.15) is 24.2 Å². The summed E-state index contributed by atoms with van der Waals surface area (Å²) >= 11 is 0. The number of nitrogens with zero attached hydrogens (tertiary/aromatic N) is 2. The zero-order valence-corrected chi connectivity index (χ0v) is 16.9. The number of aliphatic hydroxyl groups excluding tert-OH is 1. The molecule has 158 valence electrons. The maximum atomic E-state index is 12.2. The first kappa shape index (κ1) is 20.2. The van der Waals surface area contributed by atoms with E-state index in [1.165, 1.54) is 0 Å². The van der Waals surface area contributed by atoms with Gasteiger partial charge in [-0.3, -0.25) is 4.68 Å². The molecule has 0 bridgehead atoms. The first-order chi connectivity index (χ1) is 14.6. The fourth-order valence-corrected chi connectivity index (χ4v) is 3.73. The minimum absolute atomic E-state index is 0.177. The highest BCUT2D eigenvalue weighted by molar-refractivity contribution is 5.85. The van der Waals surface area contributed by atoms with Gasteiger partial charge in [0.1, 0.15) is 31.2 Å². The molecule has 2 aromatic carbocycles. The van der Waals surface area contributed by atoms with E-state index in [0.717, 1.165) is 22.0 Å². The van der Waals surface area contributed by atoms with Crippen LogP contribution in [-0.2, 0) is 22.6 Å². The first-order valence-corrected chi connectivity index (χ1v) is 9.86. The summed E-state index contributed by atoms with van der Waals surface area (Å²) in [4.78, 5) is 12.2. The average molecular weight is 411 g/mol. The molecule has 1 amide bonds. The second-order valence-corrected chi connectivity index (χ2v) is 7.38. The number of methoxy groups -OCH3 is 1. The van der Waals surface area contributed by atoms with Crippen molar-refractivity contribution in [1.82, 2.24) is 15.1 Å². The Hall–Kier alpha value is -3.10. The smallest absolute Gasteiger partial charge is 0.407 e. The molecular formula is C22H25N3O5. The van der Waals surface area contributed by atoms with Crippen LogP contribution in [0.25, 0.3) is 10.9 Å². The van der Waals surface area contributed by atoms with Gasteiger partial charge in [0.25, 0.3) is 0 Å². The number of ether oxygens (including phenoxy) is 3. The van der Waals surface area contributed by atoms with Crippen LogP contribution in [0.3, 0.4) is 0 Å². The molecule has 0 radical (unpaired) electrons. The fourth-order valence-electron chi connectivity index (χ4n) is 3.73. The van der Waals surface area contributed by atoms with Gasteiger partial charge < -0.3 is 24.6 Å². The Morgan fingerprint density at radius 1 is 1.33 bits per heavy atom. The van der Waals surface area contributed by atoms with Gasteiger partial charge in [-0.2, -0.15) is 5.10 Å². The van der Waals surface area contributed by atoms with Crippen LogP contribution < -0.4 is 10.1 Å². The molecule has 0 spiro atoms. The predicted molar refractivity (Wildman–Crippen MR) is 110 cm³/mol. The number of aliphatic hydroxyl groups is 1. The summed E-state index contributed by atoms with van der Waals surface area (Å²) < 4.78 is 18.3. The van der Waals surface area contributed by atoms with Gasteiger partial charge in [-0.15, -0.1) is 0 Å². The Labute approximate surface area is 174 Å². The first-order valence-electron chi connectivity index (χ1n) is 9.86. The van der Waals surface area contributed by atoms with E-state index >= 15 is 0 Å². The molecule has 8 nitrogen and oxygen atoms in total. The monoisotopic (exact) mass is 411 g/mol. The average Bonchev–Trinajstić information content (AvgIpc) is 3.15. The van der Waals surface area contributed by atoms with Crippen molar-refractivity contribution in [3.05, 3.63) is 59.8 Å². The molecule has 0 saturated carbocycles. The number of benzene rings is 2. The molecule has 3 atom stereocenters. The molecular weight excluding hydrogens is 386 g/mol. The van der Waals surface area contributed by atoms with Crippen molar-refractivity contribution >= 4 is 17.0 Å². The molecule has 1 aliphatic rings. The van der Waals surface area contributed by atoms with Gasteiger partial charge in [0.15, 0.2) is 0 Å². The molecule has 2 unspecified atom stereocenters. The van der Waals surface area contributed by atoms with Crippen LogP contribution in [0.2, 0.25) is 0 Å². The molecule has 30 heavy (non-hydrogen) atoms. The second kappa shape index (κ2) is 8.73. The lowest BCUT2D eigenvalue weighted by Gasteiger charge is -2.30. The lowest BCUT2D eigenvalue weighted by atomic mass is 9.98. The molecule has 2 heterocycles. The van der Waals surface area contributed by atoms with E-state index in [-0.39, 0.29) is 19.3 Å². The van der Waals surface area contributed by atoms with Crippen molar-refractivity contribution in [3.8, 4) is 5.75 Å². The maximum Gasteiger partial charge on any atom is 0.407 e. The number of fused-ring (bicyclic) bond motifs is 3. The fraction of sp³-hybridized carbons (Fsp3) is 0.364. The van der Waals surface area contributed by atoms with E-state index < -0.39 is 18.3 Å². The Balaban J connectivity index is 1.48. The van der Waals surface area contributed by atoms with E-state index in [4.69, 9.17) is 14.2 Å². The van der Waals surface area contributed by atoms with Crippen LogP contribution in [0, 0.1) is 0 Å². The maximum absolute atomic E-state index is 12.2. The van der Waals surface area contributed by atoms with Gasteiger partial charge in [0, 0.05) is 18.5 Å². The van der Waals surface area contributed by atoms with Crippen molar-refractivity contribution in [2.24, 2.45) is 0 Å². The van der Waals surface area contributed by atoms with Gasteiger partial charge in [0.05, 0.1) is 23.8 Å². The number of alkyl carbamates (subject to hydrolysis) is 1. The Bertz CT molecular complexity index is 1020. The van der Waals surface area contributed by atoms with E-state index in [1.807, 2.05) is 49.4 Å². The third kappa shape index (κ3) is 4.10. The number of carbonyl (C=O) groups excluding carboxylic acids is 1. The zero-order valence-electron chi connectivity index (χ0n) is 16.9. The van der Waals surface area contributed by atoms with E-state index in [0.29, 0.717) is 12.3 Å². The highest BCUT2D eigenvalue weighted by Gasteiger charge is 2.33. The van der Waals surface area contributed by atoms with Gasteiger partial charge in [-0.05, 0) is 24.6 Å². The van der Waals surface area contributed by atoms with Crippen molar-refractivity contribution in [1.29, 1.82) is 0 Å². The largest absolute Gasteiger partial charge is 0.490 e. The lowest BCUT2D eigenvalue weighted by Crippen LogP contribution is -2.36. The highest BCUT2D eigenvalue weighted by Crippen LogP contribution is 2.39. The van der Waals surface area contributed by atoms with Gasteiger partial charge in [-0.25, -0.2) is 4.79 Å². The summed E-state index contributed by atoms with van der Waals surface area (Å²) in [6.45, 7) is 2.69. The number of carbonyl (C=O) groups is 1. The van der Waals surface area contributed by atoms with Gasteiger partial charge in [0.2, 0.25) is 0 Å². The summed E-state index contributed by atoms with van der Waals surface area (Å²) in [6.07, 6.45) is -0.00522. The van der Waals surface area contributed by atoms with E-state index in [9.17, 15) is 9.90 Å². The number of hydrogen-bond acceptors (Lipinski definition) is 6. The van der Waals surface area contributed by atoms with Gasteiger partial charge in [-0.1, -0.05) is 30.3 Å². The summed E-state index contributed by atoms with van der Waals surface area (Å²) in [5.41, 5.74) is 2.52. The second-order valence-electron chi connectivity index (χ2n) is 7.38. The topological polar surface area (TPSA) is 94.8 Å². The van der Waals surface area contributed by atoms with E-state index in [1.54, 1.807) is 18.0 Å². The Morgan fingerprint density at radius 3 is 2.90 bits per heavy atom. The zero-order chi connectivity index (χ0) is 21.1. The summed E-state index contributed by atoms with van der Waals surface area (Å²) in [7, 11) is 1.56. The number of rotatable bonds is 6. The molecule has 2 N–H and O–H groups in total. The Kier molecular flexibility index (Phi) is 5.87. The van der Waals surface area contributed by atoms with Crippen molar-refractivity contribution in [2.75, 3.05) is 13.7 Å². The Morgan fingerprint density at radius 2 is 2.13 bits per heavy atom. The van der Waals surface area contributed by atoms with Crippen LogP contribution in [0.15, 0.2) is 48.7 Å². The predicted octanol–water partition coefficient (Wildman–Crippen LogP) is 2.79. The highest BCUT2D eigenvalue weighted by atomic mass is 16.5. The third-order valence-corrected chi connectivity index (χ3v) is 5.12. The van der Waals surface area contributed by atoms with Crippen molar-refractivity contribution < 1.29 is 24.1 Å².